The van der Waals surface area contributed by atoms with Crippen molar-refractivity contribution >= 4 is 11.5 Å². The number of pyridine rings is 1. The molecule has 0 fully saturated rings. The van der Waals surface area contributed by atoms with Gasteiger partial charge in [0.25, 0.3) is 0 Å². The zero-order valence-corrected chi connectivity index (χ0v) is 15.1. The van der Waals surface area contributed by atoms with Crippen LogP contribution in [0.4, 0.5) is 5.69 Å². The second kappa shape index (κ2) is 7.78. The molecule has 0 bridgehead atoms. The van der Waals surface area contributed by atoms with Gasteiger partial charge in [0.15, 0.2) is 0 Å². The van der Waals surface area contributed by atoms with Crippen LogP contribution in [-0.4, -0.2) is 17.4 Å². The highest BCUT2D eigenvalue weighted by atomic mass is 16.5. The Morgan fingerprint density at radius 3 is 2.63 bits per heavy atom. The van der Waals surface area contributed by atoms with Gasteiger partial charge in [-0.25, -0.2) is 0 Å². The highest BCUT2D eigenvalue weighted by molar-refractivity contribution is 6.01. The van der Waals surface area contributed by atoms with E-state index in [9.17, 15) is 4.79 Å². The van der Waals surface area contributed by atoms with Crippen LogP contribution < -0.4 is 21.8 Å². The maximum Gasteiger partial charge on any atom is 0.249 e. The molecule has 0 unspecified atom stereocenters. The summed E-state index contributed by atoms with van der Waals surface area (Å²) in [5.74, 6) is 0.603. The molecular formula is C21H22N4O2. The van der Waals surface area contributed by atoms with E-state index >= 15 is 0 Å². The summed E-state index contributed by atoms with van der Waals surface area (Å²) in [6.07, 6.45) is 0.893. The fraction of sp³-hybridized carbons (Fsp3) is 0.143. The average molecular weight is 362 g/mol. The summed E-state index contributed by atoms with van der Waals surface area (Å²) >= 11 is 0. The number of benzene rings is 2. The number of H-pyrrole nitrogens is 1. The molecular weight excluding hydrogens is 340 g/mol. The van der Waals surface area contributed by atoms with E-state index in [1.165, 1.54) is 6.07 Å². The lowest BCUT2D eigenvalue weighted by Crippen LogP contribution is -2.13. The van der Waals surface area contributed by atoms with Crippen LogP contribution in [0.2, 0.25) is 0 Å². The van der Waals surface area contributed by atoms with Gasteiger partial charge in [-0.1, -0.05) is 25.1 Å². The zero-order chi connectivity index (χ0) is 19.4. The maximum absolute atomic E-state index is 12.3. The van der Waals surface area contributed by atoms with Crippen LogP contribution in [0.25, 0.3) is 22.4 Å². The van der Waals surface area contributed by atoms with Crippen molar-refractivity contribution in [3.8, 4) is 28.1 Å². The van der Waals surface area contributed by atoms with Crippen molar-refractivity contribution < 1.29 is 4.74 Å². The van der Waals surface area contributed by atoms with Crippen LogP contribution >= 0.6 is 0 Å². The second-order valence-electron chi connectivity index (χ2n) is 6.21. The summed E-state index contributed by atoms with van der Waals surface area (Å²) < 4.78 is 5.81. The van der Waals surface area contributed by atoms with Crippen molar-refractivity contribution in [1.29, 1.82) is 5.41 Å². The Morgan fingerprint density at radius 2 is 1.89 bits per heavy atom. The molecule has 0 saturated carbocycles. The lowest BCUT2D eigenvalue weighted by molar-refractivity contribution is 0.318. The molecule has 6 heteroatoms. The van der Waals surface area contributed by atoms with Crippen LogP contribution in [-0.2, 0) is 0 Å². The number of ether oxygens (including phenoxy) is 1. The van der Waals surface area contributed by atoms with E-state index in [0.29, 0.717) is 34.9 Å². The first-order valence-corrected chi connectivity index (χ1v) is 8.70. The number of aromatic amines is 1. The van der Waals surface area contributed by atoms with Crippen molar-refractivity contribution in [1.82, 2.24) is 4.98 Å². The van der Waals surface area contributed by atoms with Gasteiger partial charge in [-0.2, -0.15) is 0 Å². The highest BCUT2D eigenvalue weighted by Crippen LogP contribution is 2.31. The Labute approximate surface area is 157 Å². The number of rotatable bonds is 6. The molecule has 6 nitrogen and oxygen atoms in total. The van der Waals surface area contributed by atoms with Gasteiger partial charge in [0.2, 0.25) is 5.56 Å². The molecule has 27 heavy (non-hydrogen) atoms. The highest BCUT2D eigenvalue weighted by Gasteiger charge is 2.11. The molecule has 6 N–H and O–H groups in total. The largest absolute Gasteiger partial charge is 0.493 e. The van der Waals surface area contributed by atoms with E-state index in [1.54, 1.807) is 18.2 Å². The van der Waals surface area contributed by atoms with E-state index in [4.69, 9.17) is 21.6 Å². The van der Waals surface area contributed by atoms with Gasteiger partial charge in [-0.3, -0.25) is 10.2 Å². The van der Waals surface area contributed by atoms with E-state index in [1.807, 2.05) is 37.3 Å². The molecule has 138 valence electrons. The van der Waals surface area contributed by atoms with Crippen LogP contribution in [0.15, 0.2) is 59.4 Å². The number of nitrogens with one attached hydrogen (secondary N) is 2. The molecule has 0 saturated heterocycles. The Kier molecular flexibility index (Phi) is 5.26. The summed E-state index contributed by atoms with van der Waals surface area (Å²) in [7, 11) is 0. The molecule has 3 aromatic rings. The third-order valence-electron chi connectivity index (χ3n) is 4.16. The van der Waals surface area contributed by atoms with Crippen LogP contribution in [0.1, 0.15) is 18.9 Å². The van der Waals surface area contributed by atoms with Gasteiger partial charge in [0.1, 0.15) is 11.6 Å². The van der Waals surface area contributed by atoms with Gasteiger partial charge in [0, 0.05) is 22.9 Å². The summed E-state index contributed by atoms with van der Waals surface area (Å²) in [5, 5.41) is 7.66. The molecule has 0 aliphatic heterocycles. The molecule has 1 aromatic heterocycles. The number of hydrogen-bond donors (Lipinski definition) is 4. The fourth-order valence-electron chi connectivity index (χ4n) is 2.85. The van der Waals surface area contributed by atoms with Crippen molar-refractivity contribution in [2.24, 2.45) is 5.73 Å². The van der Waals surface area contributed by atoms with E-state index in [2.05, 4.69) is 4.98 Å². The smallest absolute Gasteiger partial charge is 0.249 e. The van der Waals surface area contributed by atoms with Crippen LogP contribution in [0.3, 0.4) is 0 Å². The minimum atomic E-state index is -0.228. The Morgan fingerprint density at radius 1 is 1.11 bits per heavy atom. The molecule has 0 aliphatic rings. The van der Waals surface area contributed by atoms with E-state index < -0.39 is 0 Å². The summed E-state index contributed by atoms with van der Waals surface area (Å²) in [4.78, 5) is 15.2. The lowest BCUT2D eigenvalue weighted by Gasteiger charge is -2.12. The first kappa shape index (κ1) is 18.3. The van der Waals surface area contributed by atoms with Gasteiger partial charge in [-0.05, 0) is 47.9 Å². The number of para-hydroxylation sites is 1. The minimum Gasteiger partial charge on any atom is -0.493 e. The Hall–Kier alpha value is -3.54. The normalized spacial score (nSPS) is 10.6. The minimum absolute atomic E-state index is 0.113. The van der Waals surface area contributed by atoms with Crippen molar-refractivity contribution in [2.75, 3.05) is 12.3 Å². The summed E-state index contributed by atoms with van der Waals surface area (Å²) in [6.45, 7) is 2.64. The van der Waals surface area contributed by atoms with Crippen molar-refractivity contribution in [2.45, 2.75) is 13.3 Å². The fourth-order valence-corrected chi connectivity index (χ4v) is 2.85. The van der Waals surface area contributed by atoms with Gasteiger partial charge in [0.05, 0.1) is 12.3 Å². The third kappa shape index (κ3) is 4.00. The van der Waals surface area contributed by atoms with Gasteiger partial charge < -0.3 is 21.2 Å². The van der Waals surface area contributed by atoms with E-state index in [0.717, 1.165) is 17.5 Å². The number of amidine groups is 1. The number of nitrogen functional groups attached to an aromatic ring is 2. The first-order chi connectivity index (χ1) is 13.0. The maximum atomic E-state index is 12.3. The molecule has 0 aliphatic carbocycles. The van der Waals surface area contributed by atoms with Crippen molar-refractivity contribution in [3.05, 3.63) is 70.5 Å². The van der Waals surface area contributed by atoms with Gasteiger partial charge >= 0.3 is 0 Å². The molecule has 0 amide bonds. The molecule has 0 spiro atoms. The topological polar surface area (TPSA) is 118 Å². The van der Waals surface area contributed by atoms with Crippen LogP contribution in [0, 0.1) is 5.41 Å². The quantitative estimate of drug-likeness (QED) is 0.305. The number of nitrogens with two attached hydrogens (primary N) is 2. The monoisotopic (exact) mass is 362 g/mol. The first-order valence-electron chi connectivity index (χ1n) is 8.70. The predicted octanol–water partition coefficient (Wildman–Crippen LogP) is 3.36. The second-order valence-corrected chi connectivity index (χ2v) is 6.21. The summed E-state index contributed by atoms with van der Waals surface area (Å²) in [5.41, 5.74) is 15.1. The van der Waals surface area contributed by atoms with E-state index in [-0.39, 0.29) is 11.4 Å². The van der Waals surface area contributed by atoms with Gasteiger partial charge in [-0.15, -0.1) is 0 Å². The molecule has 1 heterocycles. The zero-order valence-electron chi connectivity index (χ0n) is 15.1. The molecule has 0 radical (unpaired) electrons. The molecule has 3 rings (SSSR count). The predicted molar refractivity (Wildman–Crippen MR) is 109 cm³/mol. The summed E-state index contributed by atoms with van der Waals surface area (Å²) in [6, 6.07) is 16.2. The molecule has 0 atom stereocenters. The van der Waals surface area contributed by atoms with Crippen molar-refractivity contribution in [3.63, 3.8) is 0 Å². The lowest BCUT2D eigenvalue weighted by atomic mass is 10.00. The average Bonchev–Trinajstić information content (AvgIpc) is 2.66. The molecule has 2 aromatic carbocycles. The number of aromatic nitrogens is 1. The Balaban J connectivity index is 2.10. The Bertz CT molecular complexity index is 1040. The number of hydrogen-bond acceptors (Lipinski definition) is 4. The standard InChI is InChI=1S/C21H22N4O2/c1-2-9-27-19-6-4-3-5-15(19)18-11-14(12-20(26)25-18)13-7-8-17(22)16(10-13)21(23)24/h3-8,10-12H,2,9,22H2,1H3,(H3,23,24)(H,25,26). The number of anilines is 1. The van der Waals surface area contributed by atoms with Crippen LogP contribution in [0.5, 0.6) is 5.75 Å². The SMILES string of the molecule is CCCOc1ccccc1-c1cc(-c2ccc(N)c(C(=N)N)c2)cc(=O)[nH]1. The third-order valence-corrected chi connectivity index (χ3v) is 4.16.